The number of fused-ring (bicyclic) bond motifs is 1. The average molecular weight is 380 g/mol. The summed E-state index contributed by atoms with van der Waals surface area (Å²) < 4.78 is 15.2. The van der Waals surface area contributed by atoms with E-state index in [1.807, 2.05) is 48.4 Å². The Morgan fingerprint density at radius 3 is 2.75 bits per heavy atom. The molecule has 6 heteroatoms. The quantitative estimate of drug-likeness (QED) is 0.691. The summed E-state index contributed by atoms with van der Waals surface area (Å²) in [6.45, 7) is 0.730. The van der Waals surface area contributed by atoms with Crippen LogP contribution in [0.2, 0.25) is 0 Å². The highest BCUT2D eigenvalue weighted by Crippen LogP contribution is 2.32. The van der Waals surface area contributed by atoms with Crippen molar-refractivity contribution in [1.29, 1.82) is 0 Å². The number of benzene rings is 1. The number of rotatable bonds is 4. The fraction of sp³-hybridized carbons (Fsp3) is 0.364. The van der Waals surface area contributed by atoms with Crippen molar-refractivity contribution in [3.63, 3.8) is 0 Å². The summed E-state index contributed by atoms with van der Waals surface area (Å²) in [6, 6.07) is 10.2. The molecule has 1 fully saturated rings. The van der Waals surface area contributed by atoms with Gasteiger partial charge in [0.15, 0.2) is 5.82 Å². The van der Waals surface area contributed by atoms with Crippen LogP contribution in [0.25, 0.3) is 5.52 Å². The smallest absolute Gasteiger partial charge is 0.227 e. The van der Waals surface area contributed by atoms with Crippen LogP contribution >= 0.6 is 0 Å². The number of carbonyl (C=O) groups is 1. The number of amides is 1. The fourth-order valence-corrected chi connectivity index (χ4v) is 3.95. The van der Waals surface area contributed by atoms with E-state index in [4.69, 9.17) is 4.98 Å². The van der Waals surface area contributed by atoms with Crippen molar-refractivity contribution >= 4 is 17.2 Å². The first-order chi connectivity index (χ1) is 13.5. The first-order valence-electron chi connectivity index (χ1n) is 9.72. The van der Waals surface area contributed by atoms with Gasteiger partial charge in [-0.05, 0) is 49.1 Å². The number of hydrogen-bond acceptors (Lipinski definition) is 3. The minimum absolute atomic E-state index is 0.0350. The van der Waals surface area contributed by atoms with Crippen molar-refractivity contribution in [1.82, 2.24) is 14.3 Å². The molecule has 1 saturated heterocycles. The van der Waals surface area contributed by atoms with E-state index >= 15 is 0 Å². The van der Waals surface area contributed by atoms with Gasteiger partial charge >= 0.3 is 0 Å². The molecule has 1 unspecified atom stereocenters. The van der Waals surface area contributed by atoms with Gasteiger partial charge in [-0.3, -0.25) is 4.79 Å². The predicted molar refractivity (Wildman–Crippen MR) is 108 cm³/mol. The van der Waals surface area contributed by atoms with E-state index in [0.717, 1.165) is 48.4 Å². The molecule has 146 valence electrons. The van der Waals surface area contributed by atoms with Gasteiger partial charge in [0.25, 0.3) is 0 Å². The van der Waals surface area contributed by atoms with Crippen molar-refractivity contribution in [2.75, 3.05) is 25.5 Å². The molecule has 3 heterocycles. The topological polar surface area (TPSA) is 40.9 Å². The lowest BCUT2D eigenvalue weighted by molar-refractivity contribution is -0.134. The molecule has 1 amide bonds. The molecule has 28 heavy (non-hydrogen) atoms. The molecule has 0 bridgehead atoms. The molecule has 2 aromatic heterocycles. The van der Waals surface area contributed by atoms with Gasteiger partial charge in [0.2, 0.25) is 5.91 Å². The second-order valence-electron chi connectivity index (χ2n) is 7.59. The summed E-state index contributed by atoms with van der Waals surface area (Å²) in [6.07, 6.45) is 7.31. The average Bonchev–Trinajstić information content (AvgIpc) is 3.17. The maximum Gasteiger partial charge on any atom is 0.227 e. The van der Waals surface area contributed by atoms with Gasteiger partial charge in [-0.15, -0.1) is 0 Å². The van der Waals surface area contributed by atoms with Gasteiger partial charge in [0.05, 0.1) is 23.7 Å². The van der Waals surface area contributed by atoms with E-state index in [0.29, 0.717) is 0 Å². The molecule has 5 nitrogen and oxygen atoms in total. The lowest BCUT2D eigenvalue weighted by Gasteiger charge is -2.36. The standard InChI is InChI=1S/C22H25FN4O/c1-25(2)22-20-7-5-12-26(20)15-18(24-22)19-6-3-4-13-27(19)21(28)14-16-8-10-17(23)11-9-16/h5,7-12,15,19H,3-4,6,13-14H2,1-2H3. The van der Waals surface area contributed by atoms with Crippen molar-refractivity contribution < 1.29 is 9.18 Å². The zero-order valence-electron chi connectivity index (χ0n) is 16.3. The van der Waals surface area contributed by atoms with Gasteiger partial charge in [-0.2, -0.15) is 0 Å². The van der Waals surface area contributed by atoms with Gasteiger partial charge in [0, 0.05) is 33.0 Å². The molecule has 1 aliphatic rings. The normalized spacial score (nSPS) is 17.1. The second-order valence-corrected chi connectivity index (χ2v) is 7.59. The molecular weight excluding hydrogens is 355 g/mol. The molecule has 1 aliphatic heterocycles. The predicted octanol–water partition coefficient (Wildman–Crippen LogP) is 3.84. The first kappa shape index (κ1) is 18.5. The van der Waals surface area contributed by atoms with Crippen molar-refractivity contribution in [3.05, 3.63) is 65.9 Å². The van der Waals surface area contributed by atoms with Crippen LogP contribution in [-0.4, -0.2) is 40.8 Å². The molecule has 0 saturated carbocycles. The summed E-state index contributed by atoms with van der Waals surface area (Å²) in [5.74, 6) is 0.684. The molecule has 4 rings (SSSR count). The Bertz CT molecular complexity index is 980. The number of nitrogens with zero attached hydrogens (tertiary/aromatic N) is 4. The Kier molecular flexibility index (Phi) is 5.03. The largest absolute Gasteiger partial charge is 0.361 e. The van der Waals surface area contributed by atoms with Gasteiger partial charge in [-0.25, -0.2) is 9.37 Å². The number of halogens is 1. The third-order valence-electron chi connectivity index (χ3n) is 5.37. The SMILES string of the molecule is CN(C)c1nc(C2CCCCN2C(=O)Cc2ccc(F)cc2)cn2cccc12. The van der Waals surface area contributed by atoms with Gasteiger partial charge in [0.1, 0.15) is 5.82 Å². The summed E-state index contributed by atoms with van der Waals surface area (Å²) >= 11 is 0. The lowest BCUT2D eigenvalue weighted by atomic mass is 9.98. The summed E-state index contributed by atoms with van der Waals surface area (Å²) in [7, 11) is 3.97. The van der Waals surface area contributed by atoms with E-state index in [9.17, 15) is 9.18 Å². The minimum Gasteiger partial charge on any atom is -0.361 e. The van der Waals surface area contributed by atoms with Crippen molar-refractivity contribution in [2.45, 2.75) is 31.7 Å². The maximum absolute atomic E-state index is 13.2. The van der Waals surface area contributed by atoms with Crippen LogP contribution in [0.1, 0.15) is 36.6 Å². The zero-order valence-corrected chi connectivity index (χ0v) is 16.3. The molecular formula is C22H25FN4O. The number of carbonyl (C=O) groups excluding carboxylic acids is 1. The van der Waals surface area contributed by atoms with Gasteiger partial charge in [-0.1, -0.05) is 12.1 Å². The fourth-order valence-electron chi connectivity index (χ4n) is 3.95. The number of piperidine rings is 1. The third kappa shape index (κ3) is 3.59. The number of anilines is 1. The second kappa shape index (κ2) is 7.62. The zero-order chi connectivity index (χ0) is 19.7. The van der Waals surface area contributed by atoms with Crippen LogP contribution in [0.5, 0.6) is 0 Å². The number of aromatic nitrogens is 2. The van der Waals surface area contributed by atoms with E-state index in [1.54, 1.807) is 12.1 Å². The van der Waals surface area contributed by atoms with Crippen LogP contribution in [0.4, 0.5) is 10.2 Å². The summed E-state index contributed by atoms with van der Waals surface area (Å²) in [5.41, 5.74) is 2.80. The molecule has 0 spiro atoms. The Morgan fingerprint density at radius 1 is 1.21 bits per heavy atom. The monoisotopic (exact) mass is 380 g/mol. The van der Waals surface area contributed by atoms with E-state index in [1.165, 1.54) is 12.1 Å². The number of likely N-dealkylation sites (tertiary alicyclic amines) is 1. The first-order valence-corrected chi connectivity index (χ1v) is 9.72. The molecule has 0 aliphatic carbocycles. The molecule has 1 aromatic carbocycles. The highest BCUT2D eigenvalue weighted by Gasteiger charge is 2.30. The Balaban J connectivity index is 1.64. The Labute approximate surface area is 164 Å². The Hall–Kier alpha value is -2.89. The maximum atomic E-state index is 13.2. The van der Waals surface area contributed by atoms with E-state index in [2.05, 4.69) is 4.40 Å². The molecule has 0 radical (unpaired) electrons. The van der Waals surface area contributed by atoms with Crippen LogP contribution in [-0.2, 0) is 11.2 Å². The summed E-state index contributed by atoms with van der Waals surface area (Å²) in [4.78, 5) is 21.9. The van der Waals surface area contributed by atoms with Crippen LogP contribution in [0.3, 0.4) is 0 Å². The molecule has 0 N–H and O–H groups in total. The van der Waals surface area contributed by atoms with Crippen molar-refractivity contribution in [2.24, 2.45) is 0 Å². The highest BCUT2D eigenvalue weighted by molar-refractivity contribution is 5.79. The minimum atomic E-state index is -0.285. The van der Waals surface area contributed by atoms with Gasteiger partial charge < -0.3 is 14.2 Å². The van der Waals surface area contributed by atoms with Crippen LogP contribution < -0.4 is 4.90 Å². The van der Waals surface area contributed by atoms with Crippen molar-refractivity contribution in [3.8, 4) is 0 Å². The Morgan fingerprint density at radius 2 is 2.00 bits per heavy atom. The van der Waals surface area contributed by atoms with Crippen LogP contribution in [0, 0.1) is 5.82 Å². The van der Waals surface area contributed by atoms with E-state index in [-0.39, 0.29) is 24.2 Å². The molecule has 3 aromatic rings. The highest BCUT2D eigenvalue weighted by atomic mass is 19.1. The van der Waals surface area contributed by atoms with E-state index < -0.39 is 0 Å². The lowest BCUT2D eigenvalue weighted by Crippen LogP contribution is -2.40. The third-order valence-corrected chi connectivity index (χ3v) is 5.37. The van der Waals surface area contributed by atoms with Crippen LogP contribution in [0.15, 0.2) is 48.8 Å². The summed E-state index contributed by atoms with van der Waals surface area (Å²) in [5, 5.41) is 0. The molecule has 1 atom stereocenters. The number of hydrogen-bond donors (Lipinski definition) is 0.